The van der Waals surface area contributed by atoms with Gasteiger partial charge in [-0.3, -0.25) is 4.79 Å². The molecule has 0 aromatic heterocycles. The fourth-order valence-corrected chi connectivity index (χ4v) is 3.06. The van der Waals surface area contributed by atoms with Crippen molar-refractivity contribution in [3.63, 3.8) is 0 Å². The van der Waals surface area contributed by atoms with Crippen molar-refractivity contribution in [2.75, 3.05) is 6.54 Å². The first-order valence-corrected chi connectivity index (χ1v) is 6.90. The molecule has 0 saturated carbocycles. The molecule has 1 unspecified atom stereocenters. The van der Waals surface area contributed by atoms with Crippen LogP contribution in [0.4, 0.5) is 4.79 Å². The molecule has 5 heteroatoms. The van der Waals surface area contributed by atoms with E-state index in [9.17, 15) is 9.59 Å². The van der Waals surface area contributed by atoms with Gasteiger partial charge in [-0.05, 0) is 34.1 Å². The molecule has 108 valence electrons. The minimum Gasteiger partial charge on any atom is -0.457 e. The summed E-state index contributed by atoms with van der Waals surface area (Å²) >= 11 is 0. The second kappa shape index (κ2) is 4.39. The van der Waals surface area contributed by atoms with E-state index in [0.29, 0.717) is 19.4 Å². The second-order valence-corrected chi connectivity index (χ2v) is 6.62. The van der Waals surface area contributed by atoms with Gasteiger partial charge in [0.05, 0.1) is 12.0 Å². The first kappa shape index (κ1) is 14.2. The van der Waals surface area contributed by atoms with Gasteiger partial charge < -0.3 is 14.4 Å². The van der Waals surface area contributed by atoms with Crippen molar-refractivity contribution in [2.24, 2.45) is 5.92 Å². The average molecular weight is 269 g/mol. The molecule has 2 fully saturated rings. The van der Waals surface area contributed by atoms with Crippen LogP contribution < -0.4 is 0 Å². The molecule has 0 bridgehead atoms. The summed E-state index contributed by atoms with van der Waals surface area (Å²) in [7, 11) is 0. The van der Waals surface area contributed by atoms with Crippen LogP contribution >= 0.6 is 0 Å². The minimum absolute atomic E-state index is 0.191. The monoisotopic (exact) mass is 269 g/mol. The number of likely N-dealkylation sites (tertiary alicyclic amines) is 1. The van der Waals surface area contributed by atoms with Crippen LogP contribution in [0.3, 0.4) is 0 Å². The Labute approximate surface area is 114 Å². The molecule has 2 heterocycles. The number of hydrogen-bond donors (Lipinski definition) is 0. The van der Waals surface area contributed by atoms with E-state index < -0.39 is 11.2 Å². The Kier molecular flexibility index (Phi) is 3.27. The summed E-state index contributed by atoms with van der Waals surface area (Å²) in [6, 6.07) is -0.195. The van der Waals surface area contributed by atoms with Crippen molar-refractivity contribution in [3.05, 3.63) is 0 Å². The lowest BCUT2D eigenvalue weighted by Crippen LogP contribution is -2.47. The van der Waals surface area contributed by atoms with E-state index in [0.717, 1.165) is 0 Å². The van der Waals surface area contributed by atoms with Crippen molar-refractivity contribution in [1.82, 2.24) is 4.90 Å². The standard InChI is InChI=1S/C14H23NO4/c1-6-9-10-14(5,18-11(9)16)7-8-15(10)12(17)19-13(2,3)4/h9-10H,6-8H2,1-5H3/t9?,10-,14-/m1/s1. The zero-order valence-corrected chi connectivity index (χ0v) is 12.4. The molecule has 0 spiro atoms. The van der Waals surface area contributed by atoms with Crippen molar-refractivity contribution >= 4 is 12.1 Å². The number of esters is 1. The van der Waals surface area contributed by atoms with Crippen LogP contribution in [-0.2, 0) is 14.3 Å². The molecule has 0 N–H and O–H groups in total. The number of fused-ring (bicyclic) bond motifs is 1. The summed E-state index contributed by atoms with van der Waals surface area (Å²) in [4.78, 5) is 25.8. The van der Waals surface area contributed by atoms with E-state index in [4.69, 9.17) is 9.47 Å². The normalized spacial score (nSPS) is 34.2. The average Bonchev–Trinajstić information content (AvgIpc) is 2.66. The van der Waals surface area contributed by atoms with E-state index >= 15 is 0 Å². The van der Waals surface area contributed by atoms with E-state index in [1.807, 2.05) is 34.6 Å². The molecular weight excluding hydrogens is 246 g/mol. The maximum absolute atomic E-state index is 12.3. The summed E-state index contributed by atoms with van der Waals surface area (Å²) in [6.45, 7) is 9.97. The van der Waals surface area contributed by atoms with Gasteiger partial charge in [-0.2, -0.15) is 0 Å². The third kappa shape index (κ3) is 2.42. The van der Waals surface area contributed by atoms with Gasteiger partial charge in [0, 0.05) is 13.0 Å². The largest absolute Gasteiger partial charge is 0.457 e. The third-order valence-corrected chi connectivity index (χ3v) is 3.90. The molecule has 5 nitrogen and oxygen atoms in total. The topological polar surface area (TPSA) is 55.8 Å². The number of amides is 1. The summed E-state index contributed by atoms with van der Waals surface area (Å²) in [5.41, 5.74) is -1.07. The van der Waals surface area contributed by atoms with Crippen molar-refractivity contribution in [1.29, 1.82) is 0 Å². The van der Waals surface area contributed by atoms with Crippen molar-refractivity contribution in [3.8, 4) is 0 Å². The smallest absolute Gasteiger partial charge is 0.410 e. The van der Waals surface area contributed by atoms with Gasteiger partial charge >= 0.3 is 12.1 Å². The van der Waals surface area contributed by atoms with Crippen LogP contribution in [0.5, 0.6) is 0 Å². The van der Waals surface area contributed by atoms with Crippen LogP contribution in [0.15, 0.2) is 0 Å². The van der Waals surface area contributed by atoms with E-state index in [1.54, 1.807) is 4.90 Å². The maximum atomic E-state index is 12.3. The van der Waals surface area contributed by atoms with Crippen molar-refractivity contribution < 1.29 is 19.1 Å². The van der Waals surface area contributed by atoms with E-state index in [2.05, 4.69) is 0 Å². The molecule has 0 radical (unpaired) electrons. The number of rotatable bonds is 1. The lowest BCUT2D eigenvalue weighted by molar-refractivity contribution is -0.149. The Morgan fingerprint density at radius 1 is 1.53 bits per heavy atom. The molecule has 0 aromatic carbocycles. The van der Waals surface area contributed by atoms with Gasteiger partial charge in [-0.25, -0.2) is 4.79 Å². The third-order valence-electron chi connectivity index (χ3n) is 3.90. The number of carbonyl (C=O) groups is 2. The molecule has 19 heavy (non-hydrogen) atoms. The Hall–Kier alpha value is -1.26. The van der Waals surface area contributed by atoms with Crippen LogP contribution in [0.25, 0.3) is 0 Å². The number of nitrogens with zero attached hydrogens (tertiary/aromatic N) is 1. The quantitative estimate of drug-likeness (QED) is 0.686. The lowest BCUT2D eigenvalue weighted by Gasteiger charge is -2.31. The van der Waals surface area contributed by atoms with E-state index in [-0.39, 0.29) is 24.0 Å². The van der Waals surface area contributed by atoms with Crippen LogP contribution in [0.1, 0.15) is 47.5 Å². The first-order chi connectivity index (χ1) is 8.68. The molecule has 0 aromatic rings. The number of hydrogen-bond acceptors (Lipinski definition) is 4. The zero-order valence-electron chi connectivity index (χ0n) is 12.4. The molecule has 2 rings (SSSR count). The minimum atomic E-state index is -0.547. The van der Waals surface area contributed by atoms with Crippen LogP contribution in [-0.4, -0.2) is 40.8 Å². The maximum Gasteiger partial charge on any atom is 0.410 e. The summed E-state index contributed by atoms with van der Waals surface area (Å²) in [6.07, 6.45) is 1.01. The molecule has 2 aliphatic rings. The predicted octanol–water partition coefficient (Wildman–Crippen LogP) is 2.34. The van der Waals surface area contributed by atoms with Crippen LogP contribution in [0, 0.1) is 5.92 Å². The predicted molar refractivity (Wildman–Crippen MR) is 69.6 cm³/mol. The van der Waals surface area contributed by atoms with Gasteiger partial charge in [-0.1, -0.05) is 6.92 Å². The molecule has 3 atom stereocenters. The zero-order chi connectivity index (χ0) is 14.4. The first-order valence-electron chi connectivity index (χ1n) is 6.90. The molecule has 2 aliphatic heterocycles. The van der Waals surface area contributed by atoms with Crippen LogP contribution in [0.2, 0.25) is 0 Å². The van der Waals surface area contributed by atoms with Gasteiger partial charge in [0.1, 0.15) is 11.2 Å². The summed E-state index contributed by atoms with van der Waals surface area (Å²) in [5.74, 6) is -0.428. The Morgan fingerprint density at radius 2 is 2.16 bits per heavy atom. The summed E-state index contributed by atoms with van der Waals surface area (Å²) < 4.78 is 10.9. The highest BCUT2D eigenvalue weighted by Crippen LogP contribution is 2.44. The second-order valence-electron chi connectivity index (χ2n) is 6.62. The Morgan fingerprint density at radius 3 is 2.68 bits per heavy atom. The Balaban J connectivity index is 2.20. The number of ether oxygens (including phenoxy) is 2. The summed E-state index contributed by atoms with van der Waals surface area (Å²) in [5, 5.41) is 0. The fourth-order valence-electron chi connectivity index (χ4n) is 3.06. The lowest BCUT2D eigenvalue weighted by atomic mass is 9.88. The van der Waals surface area contributed by atoms with Gasteiger partial charge in [0.15, 0.2) is 0 Å². The highest BCUT2D eigenvalue weighted by molar-refractivity contribution is 5.79. The van der Waals surface area contributed by atoms with Gasteiger partial charge in [0.2, 0.25) is 0 Å². The van der Waals surface area contributed by atoms with Gasteiger partial charge in [0.25, 0.3) is 0 Å². The molecule has 2 saturated heterocycles. The highest BCUT2D eigenvalue weighted by Gasteiger charge is 2.59. The molecular formula is C14H23NO4. The van der Waals surface area contributed by atoms with Gasteiger partial charge in [-0.15, -0.1) is 0 Å². The highest BCUT2D eigenvalue weighted by atomic mass is 16.6. The molecule has 1 amide bonds. The number of carbonyl (C=O) groups excluding carboxylic acids is 2. The van der Waals surface area contributed by atoms with Crippen molar-refractivity contribution in [2.45, 2.75) is 64.7 Å². The SMILES string of the molecule is CCC1C(=O)O[C@]2(C)CCN(C(=O)OC(C)(C)C)[C@H]12. The molecule has 0 aliphatic carbocycles. The van der Waals surface area contributed by atoms with E-state index in [1.165, 1.54) is 0 Å². The Bertz CT molecular complexity index is 401. The fraction of sp³-hybridized carbons (Fsp3) is 0.857.